The lowest BCUT2D eigenvalue weighted by Gasteiger charge is -2.25. The van der Waals surface area contributed by atoms with Crippen LogP contribution in [0.4, 0.5) is 5.13 Å². The standard InChI is InChI=1S/C30H36N4O4S2.ClH/c1-5-32(6-2)19-20-34(30-31-27-18-15-25(38-4)21-28(27)39-30)29(35)24-13-16-26(17-14-24)40(36,37)33(7-3)22-23-11-9-8-10-12-23;/h8-18,21H,5-7,19-20,22H2,1-4H3;1H. The van der Waals surface area contributed by atoms with Crippen LogP contribution >= 0.6 is 23.7 Å². The zero-order valence-corrected chi connectivity index (χ0v) is 26.3. The van der Waals surface area contributed by atoms with Gasteiger partial charge in [-0.15, -0.1) is 12.4 Å². The van der Waals surface area contributed by atoms with Gasteiger partial charge in [-0.05, 0) is 61.1 Å². The van der Waals surface area contributed by atoms with Crippen molar-refractivity contribution in [2.45, 2.75) is 32.2 Å². The van der Waals surface area contributed by atoms with Crippen molar-refractivity contribution in [3.63, 3.8) is 0 Å². The molecule has 0 aliphatic heterocycles. The minimum atomic E-state index is -3.74. The number of rotatable bonds is 13. The topological polar surface area (TPSA) is 83.1 Å². The number of carbonyl (C=O) groups is 1. The van der Waals surface area contributed by atoms with Gasteiger partial charge >= 0.3 is 0 Å². The Balaban J connectivity index is 0.00000462. The van der Waals surface area contributed by atoms with Gasteiger partial charge in [0, 0.05) is 31.7 Å². The average molecular weight is 617 g/mol. The molecule has 0 saturated heterocycles. The first-order chi connectivity index (χ1) is 19.3. The number of fused-ring (bicyclic) bond motifs is 1. The van der Waals surface area contributed by atoms with E-state index in [2.05, 4.69) is 18.7 Å². The highest BCUT2D eigenvalue weighted by molar-refractivity contribution is 7.89. The molecule has 0 bridgehead atoms. The second kappa shape index (κ2) is 14.7. The fourth-order valence-electron chi connectivity index (χ4n) is 4.43. The maximum atomic E-state index is 13.8. The molecule has 11 heteroatoms. The van der Waals surface area contributed by atoms with E-state index in [1.54, 1.807) is 24.1 Å². The summed E-state index contributed by atoms with van der Waals surface area (Å²) in [5.74, 6) is 0.507. The number of halogens is 1. The highest BCUT2D eigenvalue weighted by Gasteiger charge is 2.26. The predicted octanol–water partition coefficient (Wildman–Crippen LogP) is 5.93. The van der Waals surface area contributed by atoms with Crippen molar-refractivity contribution in [1.29, 1.82) is 0 Å². The van der Waals surface area contributed by atoms with Crippen LogP contribution in [0.5, 0.6) is 5.75 Å². The second-order valence-corrected chi connectivity index (χ2v) is 12.2. The first-order valence-electron chi connectivity index (χ1n) is 13.4. The molecular weight excluding hydrogens is 580 g/mol. The first-order valence-corrected chi connectivity index (χ1v) is 15.7. The molecule has 0 spiro atoms. The zero-order valence-electron chi connectivity index (χ0n) is 23.8. The summed E-state index contributed by atoms with van der Waals surface area (Å²) in [6.45, 7) is 9.51. The van der Waals surface area contributed by atoms with Crippen molar-refractivity contribution in [2.75, 3.05) is 44.7 Å². The number of hydrogen-bond acceptors (Lipinski definition) is 7. The summed E-state index contributed by atoms with van der Waals surface area (Å²) in [4.78, 5) is 22.7. The van der Waals surface area contributed by atoms with Crippen molar-refractivity contribution < 1.29 is 17.9 Å². The normalized spacial score (nSPS) is 11.6. The highest BCUT2D eigenvalue weighted by atomic mass is 35.5. The van der Waals surface area contributed by atoms with Crippen LogP contribution < -0.4 is 9.64 Å². The van der Waals surface area contributed by atoms with E-state index >= 15 is 0 Å². The van der Waals surface area contributed by atoms with Crippen molar-refractivity contribution in [2.24, 2.45) is 0 Å². The molecule has 0 aliphatic carbocycles. The summed E-state index contributed by atoms with van der Waals surface area (Å²) in [6, 6.07) is 21.4. The van der Waals surface area contributed by atoms with E-state index in [0.29, 0.717) is 30.3 Å². The summed E-state index contributed by atoms with van der Waals surface area (Å²) < 4.78 is 34.5. The molecule has 4 rings (SSSR count). The third kappa shape index (κ3) is 7.64. The molecule has 41 heavy (non-hydrogen) atoms. The average Bonchev–Trinajstić information content (AvgIpc) is 3.41. The number of anilines is 1. The maximum Gasteiger partial charge on any atom is 0.260 e. The van der Waals surface area contributed by atoms with E-state index < -0.39 is 10.0 Å². The Bertz CT molecular complexity index is 1530. The number of aromatic nitrogens is 1. The summed E-state index contributed by atoms with van der Waals surface area (Å²) in [5, 5.41) is 0.595. The minimum absolute atomic E-state index is 0. The number of nitrogens with zero attached hydrogens (tertiary/aromatic N) is 4. The van der Waals surface area contributed by atoms with Gasteiger partial charge in [0.15, 0.2) is 5.13 Å². The Morgan fingerprint density at radius 2 is 1.59 bits per heavy atom. The lowest BCUT2D eigenvalue weighted by atomic mass is 10.2. The molecule has 0 radical (unpaired) electrons. The number of thiazole rings is 1. The van der Waals surface area contributed by atoms with E-state index in [4.69, 9.17) is 9.72 Å². The van der Waals surface area contributed by atoms with Gasteiger partial charge in [-0.3, -0.25) is 9.69 Å². The maximum absolute atomic E-state index is 13.8. The van der Waals surface area contributed by atoms with Crippen LogP contribution in [-0.4, -0.2) is 68.3 Å². The Morgan fingerprint density at radius 3 is 2.20 bits per heavy atom. The van der Waals surface area contributed by atoms with Gasteiger partial charge in [0.05, 0.1) is 22.2 Å². The lowest BCUT2D eigenvalue weighted by Crippen LogP contribution is -2.39. The smallest absolute Gasteiger partial charge is 0.260 e. The summed E-state index contributed by atoms with van der Waals surface area (Å²) in [6.07, 6.45) is 0. The first kappa shape index (κ1) is 32.5. The molecule has 0 aliphatic rings. The monoisotopic (exact) mass is 616 g/mol. The largest absolute Gasteiger partial charge is 0.497 e. The van der Waals surface area contributed by atoms with Crippen LogP contribution in [0.25, 0.3) is 10.2 Å². The molecule has 4 aromatic rings. The summed E-state index contributed by atoms with van der Waals surface area (Å²) in [7, 11) is -2.12. The van der Waals surface area contributed by atoms with Gasteiger partial charge in [0.1, 0.15) is 5.75 Å². The molecule has 0 fully saturated rings. The van der Waals surface area contributed by atoms with Crippen LogP contribution in [0.2, 0.25) is 0 Å². The minimum Gasteiger partial charge on any atom is -0.497 e. The third-order valence-corrected chi connectivity index (χ3v) is 9.86. The van der Waals surface area contributed by atoms with E-state index in [9.17, 15) is 13.2 Å². The molecule has 1 heterocycles. The van der Waals surface area contributed by atoms with Crippen molar-refractivity contribution in [1.82, 2.24) is 14.2 Å². The fourth-order valence-corrected chi connectivity index (χ4v) is 6.88. The van der Waals surface area contributed by atoms with Crippen molar-refractivity contribution >= 4 is 55.0 Å². The highest BCUT2D eigenvalue weighted by Crippen LogP contribution is 2.32. The fraction of sp³-hybridized carbons (Fsp3) is 0.333. The van der Waals surface area contributed by atoms with Gasteiger partial charge in [-0.2, -0.15) is 4.31 Å². The molecule has 220 valence electrons. The van der Waals surface area contributed by atoms with E-state index in [-0.39, 0.29) is 29.8 Å². The van der Waals surface area contributed by atoms with Gasteiger partial charge < -0.3 is 9.64 Å². The molecule has 0 saturated carbocycles. The quantitative estimate of drug-likeness (QED) is 0.185. The number of ether oxygens (including phenoxy) is 1. The summed E-state index contributed by atoms with van der Waals surface area (Å²) in [5.41, 5.74) is 2.11. The van der Waals surface area contributed by atoms with Gasteiger partial charge in [0.2, 0.25) is 10.0 Å². The molecule has 8 nitrogen and oxygen atoms in total. The zero-order chi connectivity index (χ0) is 28.7. The van der Waals surface area contributed by atoms with Gasteiger partial charge in [0.25, 0.3) is 5.91 Å². The number of carbonyl (C=O) groups excluding carboxylic acids is 1. The molecule has 1 amide bonds. The van der Waals surface area contributed by atoms with E-state index in [1.165, 1.54) is 27.8 Å². The lowest BCUT2D eigenvalue weighted by molar-refractivity contribution is 0.0983. The summed E-state index contributed by atoms with van der Waals surface area (Å²) >= 11 is 1.43. The Morgan fingerprint density at radius 1 is 0.902 bits per heavy atom. The molecule has 0 unspecified atom stereocenters. The number of benzene rings is 3. The number of likely N-dealkylation sites (N-methyl/N-ethyl adjacent to an activating group) is 1. The van der Waals surface area contributed by atoms with Crippen LogP contribution in [0.15, 0.2) is 77.7 Å². The molecular formula is C30H37ClN4O4S2. The Labute approximate surface area is 253 Å². The number of amides is 1. The number of sulfonamides is 1. The SMILES string of the molecule is CCN(CC)CCN(C(=O)c1ccc(S(=O)(=O)N(CC)Cc2ccccc2)cc1)c1nc2ccc(OC)cc2s1.Cl. The van der Waals surface area contributed by atoms with Crippen molar-refractivity contribution in [3.8, 4) is 5.75 Å². The van der Waals surface area contributed by atoms with Gasteiger partial charge in [-0.1, -0.05) is 62.4 Å². The second-order valence-electron chi connectivity index (χ2n) is 9.25. The van der Waals surface area contributed by atoms with Crippen LogP contribution in [0.1, 0.15) is 36.7 Å². The van der Waals surface area contributed by atoms with Gasteiger partial charge in [-0.25, -0.2) is 13.4 Å². The van der Waals surface area contributed by atoms with Crippen molar-refractivity contribution in [3.05, 3.63) is 83.9 Å². The van der Waals surface area contributed by atoms with E-state index in [0.717, 1.165) is 34.6 Å². The molecule has 3 aromatic carbocycles. The third-order valence-electron chi connectivity index (χ3n) is 6.89. The van der Waals surface area contributed by atoms with Crippen LogP contribution in [0, 0.1) is 0 Å². The Hall–Kier alpha value is -3.02. The number of methoxy groups -OCH3 is 1. The Kier molecular flexibility index (Phi) is 11.7. The van der Waals surface area contributed by atoms with Crippen LogP contribution in [0.3, 0.4) is 0 Å². The van der Waals surface area contributed by atoms with Crippen LogP contribution in [-0.2, 0) is 16.6 Å². The number of hydrogen-bond donors (Lipinski definition) is 0. The molecule has 1 aromatic heterocycles. The van der Waals surface area contributed by atoms with E-state index in [1.807, 2.05) is 55.5 Å². The predicted molar refractivity (Wildman–Crippen MR) is 169 cm³/mol. The molecule has 0 atom stereocenters. The molecule has 0 N–H and O–H groups in total.